The highest BCUT2D eigenvalue weighted by Crippen LogP contribution is 2.34. The molecular weight excluding hydrogens is 392 g/mol. The molecule has 1 saturated heterocycles. The Kier molecular flexibility index (Phi) is 6.56. The highest BCUT2D eigenvalue weighted by Gasteiger charge is 2.28. The summed E-state index contributed by atoms with van der Waals surface area (Å²) < 4.78 is 5.87. The van der Waals surface area contributed by atoms with E-state index in [0.29, 0.717) is 18.1 Å². The van der Waals surface area contributed by atoms with Gasteiger partial charge in [0.1, 0.15) is 5.69 Å². The Balaban J connectivity index is 1.55. The fourth-order valence-corrected chi connectivity index (χ4v) is 4.30. The first kappa shape index (κ1) is 21.4. The van der Waals surface area contributed by atoms with Crippen molar-refractivity contribution in [1.29, 1.82) is 0 Å². The maximum Gasteiger partial charge on any atom is 0.320 e. The molecule has 2 aliphatic heterocycles. The zero-order valence-corrected chi connectivity index (χ0v) is 18.4. The van der Waals surface area contributed by atoms with Gasteiger partial charge in [0.05, 0.1) is 12.6 Å². The predicted octanol–water partition coefficient (Wildman–Crippen LogP) is 3.18. The number of rotatable bonds is 8. The lowest BCUT2D eigenvalue weighted by Gasteiger charge is -2.30. The molecule has 31 heavy (non-hydrogen) atoms. The van der Waals surface area contributed by atoms with Crippen LogP contribution in [0.5, 0.6) is 6.01 Å². The van der Waals surface area contributed by atoms with Crippen LogP contribution in [0, 0.1) is 0 Å². The molecule has 8 heteroatoms. The highest BCUT2D eigenvalue weighted by atomic mass is 16.5. The summed E-state index contributed by atoms with van der Waals surface area (Å²) in [6.45, 7) is 8.18. The number of anilines is 3. The van der Waals surface area contributed by atoms with Gasteiger partial charge in [-0.25, -0.2) is 0 Å². The summed E-state index contributed by atoms with van der Waals surface area (Å²) in [5, 5.41) is 2.82. The van der Waals surface area contributed by atoms with E-state index in [9.17, 15) is 4.79 Å². The molecule has 1 atom stereocenters. The zero-order valence-electron chi connectivity index (χ0n) is 18.4. The Hall–Kier alpha value is -2.87. The minimum Gasteiger partial charge on any atom is -0.460 e. The van der Waals surface area contributed by atoms with Gasteiger partial charge in [-0.05, 0) is 50.4 Å². The fourth-order valence-electron chi connectivity index (χ4n) is 4.30. The van der Waals surface area contributed by atoms with Crippen LogP contribution in [0.2, 0.25) is 0 Å². The average Bonchev–Trinajstić information content (AvgIpc) is 3.22. The van der Waals surface area contributed by atoms with Crippen molar-refractivity contribution in [3.05, 3.63) is 35.4 Å². The molecule has 2 aromatic rings. The molecule has 4 rings (SSSR count). The normalized spacial score (nSPS) is 17.4. The van der Waals surface area contributed by atoms with E-state index in [1.165, 1.54) is 31.5 Å². The molecule has 0 saturated carbocycles. The van der Waals surface area contributed by atoms with E-state index in [-0.39, 0.29) is 30.4 Å². The monoisotopic (exact) mass is 424 g/mol. The molecule has 3 N–H and O–H groups in total. The second kappa shape index (κ2) is 9.51. The number of fused-ring (bicyclic) bond motifs is 1. The molecule has 3 heterocycles. The minimum atomic E-state index is -0.121. The first-order valence-corrected chi connectivity index (χ1v) is 11.2. The van der Waals surface area contributed by atoms with Crippen LogP contribution in [0.15, 0.2) is 24.3 Å². The molecule has 0 radical (unpaired) electrons. The van der Waals surface area contributed by atoms with Gasteiger partial charge >= 0.3 is 6.01 Å². The number of hydrogen-bond acceptors (Lipinski definition) is 7. The average molecular weight is 425 g/mol. The molecule has 166 valence electrons. The predicted molar refractivity (Wildman–Crippen MR) is 122 cm³/mol. The Morgan fingerprint density at radius 2 is 1.94 bits per heavy atom. The number of nitrogens with one attached hydrogen (secondary N) is 1. The summed E-state index contributed by atoms with van der Waals surface area (Å²) >= 11 is 0. The van der Waals surface area contributed by atoms with Crippen molar-refractivity contribution in [2.45, 2.75) is 58.7 Å². The van der Waals surface area contributed by atoms with Gasteiger partial charge < -0.3 is 20.7 Å². The van der Waals surface area contributed by atoms with Crippen LogP contribution in [0.25, 0.3) is 0 Å². The third-order valence-corrected chi connectivity index (χ3v) is 5.77. The van der Waals surface area contributed by atoms with Crippen LogP contribution >= 0.6 is 0 Å². The molecular formula is C23H32N6O2. The first-order chi connectivity index (χ1) is 15.0. The molecule has 0 spiro atoms. The van der Waals surface area contributed by atoms with E-state index in [1.807, 2.05) is 11.8 Å². The summed E-state index contributed by atoms with van der Waals surface area (Å²) in [7, 11) is 0. The number of amides is 1. The largest absolute Gasteiger partial charge is 0.460 e. The van der Waals surface area contributed by atoms with Gasteiger partial charge in [0.15, 0.2) is 11.6 Å². The summed E-state index contributed by atoms with van der Waals surface area (Å²) in [5.41, 5.74) is 9.03. The summed E-state index contributed by atoms with van der Waals surface area (Å²) in [6.07, 6.45) is 4.47. The van der Waals surface area contributed by atoms with Crippen molar-refractivity contribution in [2.24, 2.45) is 0 Å². The molecule has 2 aliphatic rings. The smallest absolute Gasteiger partial charge is 0.320 e. The van der Waals surface area contributed by atoms with Crippen LogP contribution in [0.1, 0.15) is 50.7 Å². The number of benzene rings is 1. The van der Waals surface area contributed by atoms with Crippen LogP contribution in [-0.2, 0) is 17.9 Å². The van der Waals surface area contributed by atoms with Gasteiger partial charge in [0.2, 0.25) is 5.91 Å². The number of nitrogens with zero attached hydrogens (tertiary/aromatic N) is 4. The van der Waals surface area contributed by atoms with Crippen molar-refractivity contribution in [1.82, 2.24) is 14.9 Å². The molecule has 0 unspecified atom stereocenters. The Bertz CT molecular complexity index is 928. The quantitative estimate of drug-likeness (QED) is 0.672. The number of carbonyl (C=O) groups is 1. The molecule has 1 aromatic carbocycles. The van der Waals surface area contributed by atoms with E-state index in [2.05, 4.69) is 51.4 Å². The number of nitrogens with two attached hydrogens (primary N) is 1. The van der Waals surface area contributed by atoms with E-state index < -0.39 is 0 Å². The number of aromatic nitrogens is 2. The van der Waals surface area contributed by atoms with Crippen LogP contribution in [0.3, 0.4) is 0 Å². The standard InChI is InChI=1S/C23H32N6O2/c1-3-7-16(2)31-23-26-21(24)20-22(27-23)29(15-19(30)25-20)14-18-9-6-8-17(12-18)13-28-10-4-5-11-28/h6,8-9,12,16H,3-5,7,10-11,13-15H2,1-2H3,(H,25,30)(H2,24,26,27)/t16-/m1/s1. The number of nitrogen functional groups attached to an aromatic ring is 1. The lowest BCUT2D eigenvalue weighted by molar-refractivity contribution is -0.115. The third kappa shape index (κ3) is 5.25. The van der Waals surface area contributed by atoms with Crippen molar-refractivity contribution in [3.63, 3.8) is 0 Å². The van der Waals surface area contributed by atoms with Gasteiger partial charge in [0.25, 0.3) is 0 Å². The molecule has 8 nitrogen and oxygen atoms in total. The number of carbonyl (C=O) groups excluding carboxylic acids is 1. The van der Waals surface area contributed by atoms with E-state index >= 15 is 0 Å². The number of ether oxygens (including phenoxy) is 1. The summed E-state index contributed by atoms with van der Waals surface area (Å²) in [4.78, 5) is 25.6. The molecule has 0 aliphatic carbocycles. The van der Waals surface area contributed by atoms with E-state index in [1.54, 1.807) is 0 Å². The van der Waals surface area contributed by atoms with Crippen molar-refractivity contribution >= 4 is 23.2 Å². The van der Waals surface area contributed by atoms with Gasteiger partial charge in [-0.3, -0.25) is 9.69 Å². The lowest BCUT2D eigenvalue weighted by atomic mass is 10.1. The number of hydrogen-bond donors (Lipinski definition) is 2. The highest BCUT2D eigenvalue weighted by molar-refractivity contribution is 6.03. The number of likely N-dealkylation sites (tertiary alicyclic amines) is 1. The fraction of sp³-hybridized carbons (Fsp3) is 0.522. The molecule has 1 amide bonds. The van der Waals surface area contributed by atoms with Crippen LogP contribution in [0.4, 0.5) is 17.3 Å². The van der Waals surface area contributed by atoms with Crippen LogP contribution < -0.4 is 20.7 Å². The first-order valence-electron chi connectivity index (χ1n) is 11.2. The second-order valence-electron chi connectivity index (χ2n) is 8.51. The van der Waals surface area contributed by atoms with Gasteiger partial charge in [-0.1, -0.05) is 37.6 Å². The van der Waals surface area contributed by atoms with Gasteiger partial charge in [-0.2, -0.15) is 9.97 Å². The minimum absolute atomic E-state index is 0.00338. The van der Waals surface area contributed by atoms with Gasteiger partial charge in [0, 0.05) is 13.1 Å². The lowest BCUT2D eigenvalue weighted by Crippen LogP contribution is -2.39. The van der Waals surface area contributed by atoms with Crippen molar-refractivity contribution < 1.29 is 9.53 Å². The maximum absolute atomic E-state index is 12.3. The van der Waals surface area contributed by atoms with Crippen LogP contribution in [-0.4, -0.2) is 46.5 Å². The van der Waals surface area contributed by atoms with Crippen molar-refractivity contribution in [3.8, 4) is 6.01 Å². The zero-order chi connectivity index (χ0) is 21.8. The van der Waals surface area contributed by atoms with Crippen molar-refractivity contribution in [2.75, 3.05) is 35.6 Å². The van der Waals surface area contributed by atoms with Gasteiger partial charge in [-0.15, -0.1) is 0 Å². The van der Waals surface area contributed by atoms with E-state index in [4.69, 9.17) is 10.5 Å². The molecule has 1 fully saturated rings. The molecule has 0 bridgehead atoms. The topological polar surface area (TPSA) is 96.6 Å². The summed E-state index contributed by atoms with van der Waals surface area (Å²) in [5.74, 6) is 0.712. The Morgan fingerprint density at radius 3 is 2.68 bits per heavy atom. The Morgan fingerprint density at radius 1 is 1.19 bits per heavy atom. The Labute approximate surface area is 183 Å². The SMILES string of the molecule is CCC[C@@H](C)Oc1nc(N)c2c(n1)N(Cc1cccc(CN3CCCC3)c1)CC(=O)N2. The maximum atomic E-state index is 12.3. The van der Waals surface area contributed by atoms with E-state index in [0.717, 1.165) is 24.9 Å². The molecule has 1 aromatic heterocycles. The third-order valence-electron chi connectivity index (χ3n) is 5.77. The summed E-state index contributed by atoms with van der Waals surface area (Å²) in [6, 6.07) is 8.81. The second-order valence-corrected chi connectivity index (χ2v) is 8.51.